The van der Waals surface area contributed by atoms with Crippen molar-refractivity contribution in [1.29, 1.82) is 0 Å². The van der Waals surface area contributed by atoms with E-state index < -0.39 is 0 Å². The van der Waals surface area contributed by atoms with Crippen molar-refractivity contribution in [3.8, 4) is 5.75 Å². The van der Waals surface area contributed by atoms with Crippen LogP contribution < -0.4 is 10.1 Å². The quantitative estimate of drug-likeness (QED) is 0.356. The highest BCUT2D eigenvalue weighted by Crippen LogP contribution is 2.38. The lowest BCUT2D eigenvalue weighted by molar-refractivity contribution is -0.121. The number of carbonyl (C=O) groups excluding carboxylic acids is 1. The van der Waals surface area contributed by atoms with E-state index >= 15 is 0 Å². The second kappa shape index (κ2) is 9.73. The molecule has 0 saturated carbocycles. The number of amides is 1. The molecule has 4 heteroatoms. The molecule has 0 bridgehead atoms. The highest BCUT2D eigenvalue weighted by molar-refractivity contribution is 5.88. The van der Waals surface area contributed by atoms with Crippen molar-refractivity contribution in [2.75, 3.05) is 7.11 Å². The predicted octanol–water partition coefficient (Wildman–Crippen LogP) is 6.14. The van der Waals surface area contributed by atoms with Crippen LogP contribution in [0.4, 0.5) is 0 Å². The number of para-hydroxylation sites is 2. The Hall–Kier alpha value is -3.53. The first-order valence-corrected chi connectivity index (χ1v) is 11.2. The van der Waals surface area contributed by atoms with E-state index in [4.69, 9.17) is 4.74 Å². The molecule has 164 valence electrons. The Morgan fingerprint density at radius 1 is 0.969 bits per heavy atom. The minimum absolute atomic E-state index is 0.0123. The fraction of sp³-hybridized carbons (Fsp3) is 0.250. The van der Waals surface area contributed by atoms with E-state index in [1.165, 1.54) is 5.56 Å². The van der Waals surface area contributed by atoms with E-state index in [0.717, 1.165) is 39.8 Å². The summed E-state index contributed by atoms with van der Waals surface area (Å²) in [5.41, 5.74) is 5.63. The van der Waals surface area contributed by atoms with E-state index in [2.05, 4.69) is 47.7 Å². The number of benzene rings is 3. The Morgan fingerprint density at radius 2 is 1.72 bits per heavy atom. The van der Waals surface area contributed by atoms with Crippen molar-refractivity contribution in [3.63, 3.8) is 0 Å². The van der Waals surface area contributed by atoms with E-state index in [9.17, 15) is 4.79 Å². The third-order valence-corrected chi connectivity index (χ3v) is 6.17. The summed E-state index contributed by atoms with van der Waals surface area (Å²) in [5, 5.41) is 4.33. The van der Waals surface area contributed by atoms with Crippen LogP contribution in [0.2, 0.25) is 0 Å². The number of carbonyl (C=O) groups is 1. The van der Waals surface area contributed by atoms with Crippen molar-refractivity contribution in [2.24, 2.45) is 0 Å². The molecular formula is C28H30N2O2. The summed E-state index contributed by atoms with van der Waals surface area (Å²) in [6.45, 7) is 4.18. The van der Waals surface area contributed by atoms with Crippen LogP contribution in [0.3, 0.4) is 0 Å². The van der Waals surface area contributed by atoms with Crippen LogP contribution in [-0.4, -0.2) is 18.0 Å². The fourth-order valence-corrected chi connectivity index (χ4v) is 4.47. The Balaban J connectivity index is 1.70. The van der Waals surface area contributed by atoms with Crippen molar-refractivity contribution >= 4 is 16.8 Å². The molecular weight excluding hydrogens is 396 g/mol. The van der Waals surface area contributed by atoms with Gasteiger partial charge in [-0.05, 0) is 36.1 Å². The van der Waals surface area contributed by atoms with Gasteiger partial charge in [-0.2, -0.15) is 0 Å². The SMILES string of the molecule is CCc1cccc2c(C(CC(=O)NC(C)c3ccccc3)c3ccccc3OC)c[nH]c12. The Labute approximate surface area is 189 Å². The lowest BCUT2D eigenvalue weighted by Crippen LogP contribution is -2.28. The summed E-state index contributed by atoms with van der Waals surface area (Å²) in [6, 6.07) is 24.3. The van der Waals surface area contributed by atoms with Gasteiger partial charge < -0.3 is 15.0 Å². The molecule has 0 aliphatic rings. The molecule has 4 aromatic rings. The first-order chi connectivity index (χ1) is 15.6. The smallest absolute Gasteiger partial charge is 0.221 e. The van der Waals surface area contributed by atoms with Crippen LogP contribution in [0, 0.1) is 0 Å². The number of aromatic amines is 1. The summed E-state index contributed by atoms with van der Waals surface area (Å²) >= 11 is 0. The topological polar surface area (TPSA) is 54.1 Å². The number of rotatable bonds is 8. The van der Waals surface area contributed by atoms with Gasteiger partial charge in [0.15, 0.2) is 0 Å². The fourth-order valence-electron chi connectivity index (χ4n) is 4.47. The first-order valence-electron chi connectivity index (χ1n) is 11.2. The standard InChI is InChI=1S/C28H30N2O2/c1-4-20-13-10-15-23-25(18-29-28(20)23)24(22-14-8-9-16-26(22)32-3)17-27(31)30-19(2)21-11-6-5-7-12-21/h5-16,18-19,24,29H,4,17H2,1-3H3,(H,30,31). The van der Waals surface area contributed by atoms with Crippen LogP contribution in [0.25, 0.3) is 10.9 Å². The van der Waals surface area contributed by atoms with Gasteiger partial charge in [-0.25, -0.2) is 0 Å². The molecule has 0 radical (unpaired) electrons. The minimum Gasteiger partial charge on any atom is -0.496 e. The van der Waals surface area contributed by atoms with Gasteiger partial charge in [0.05, 0.1) is 13.2 Å². The van der Waals surface area contributed by atoms with Crippen LogP contribution in [-0.2, 0) is 11.2 Å². The van der Waals surface area contributed by atoms with E-state index in [1.807, 2.05) is 55.5 Å². The van der Waals surface area contributed by atoms with E-state index in [1.54, 1.807) is 7.11 Å². The summed E-state index contributed by atoms with van der Waals surface area (Å²) in [5.74, 6) is 0.677. The van der Waals surface area contributed by atoms with E-state index in [0.29, 0.717) is 6.42 Å². The molecule has 3 aromatic carbocycles. The second-order valence-corrected chi connectivity index (χ2v) is 8.14. The van der Waals surface area contributed by atoms with Crippen LogP contribution in [0.1, 0.15) is 54.5 Å². The zero-order valence-electron chi connectivity index (χ0n) is 18.9. The number of H-pyrrole nitrogens is 1. The van der Waals surface area contributed by atoms with Crippen LogP contribution in [0.5, 0.6) is 5.75 Å². The van der Waals surface area contributed by atoms with Gasteiger partial charge in [-0.15, -0.1) is 0 Å². The van der Waals surface area contributed by atoms with Gasteiger partial charge in [0.25, 0.3) is 0 Å². The van der Waals surface area contributed by atoms with Gasteiger partial charge in [0.2, 0.25) is 5.91 Å². The molecule has 1 heterocycles. The summed E-state index contributed by atoms with van der Waals surface area (Å²) in [6.07, 6.45) is 3.33. The maximum atomic E-state index is 13.2. The zero-order valence-corrected chi connectivity index (χ0v) is 18.9. The van der Waals surface area contributed by atoms with Crippen LogP contribution in [0.15, 0.2) is 79.0 Å². The molecule has 0 fully saturated rings. The normalized spacial score (nSPS) is 13.0. The molecule has 1 aromatic heterocycles. The Bertz CT molecular complexity index is 1200. The minimum atomic E-state index is -0.130. The summed E-state index contributed by atoms with van der Waals surface area (Å²) < 4.78 is 5.67. The number of nitrogens with one attached hydrogen (secondary N) is 2. The molecule has 2 unspecified atom stereocenters. The molecule has 4 rings (SSSR count). The van der Waals surface area contributed by atoms with Crippen molar-refractivity contribution in [1.82, 2.24) is 10.3 Å². The number of hydrogen-bond donors (Lipinski definition) is 2. The number of ether oxygens (including phenoxy) is 1. The lowest BCUT2D eigenvalue weighted by Gasteiger charge is -2.21. The van der Waals surface area contributed by atoms with Crippen LogP contribution >= 0.6 is 0 Å². The maximum absolute atomic E-state index is 13.2. The van der Waals surface area contributed by atoms with Gasteiger partial charge >= 0.3 is 0 Å². The van der Waals surface area contributed by atoms with Gasteiger partial charge in [-0.3, -0.25) is 4.79 Å². The monoisotopic (exact) mass is 426 g/mol. The van der Waals surface area contributed by atoms with Crippen molar-refractivity contribution < 1.29 is 9.53 Å². The summed E-state index contributed by atoms with van der Waals surface area (Å²) in [7, 11) is 1.68. The molecule has 2 N–H and O–H groups in total. The molecule has 0 aliphatic carbocycles. The van der Waals surface area contributed by atoms with Gasteiger partial charge in [0.1, 0.15) is 5.75 Å². The molecule has 0 spiro atoms. The number of methoxy groups -OCH3 is 1. The highest BCUT2D eigenvalue weighted by atomic mass is 16.5. The first kappa shape index (κ1) is 21.7. The average Bonchev–Trinajstić information content (AvgIpc) is 3.27. The van der Waals surface area contributed by atoms with E-state index in [-0.39, 0.29) is 17.9 Å². The molecule has 0 aliphatic heterocycles. The summed E-state index contributed by atoms with van der Waals surface area (Å²) in [4.78, 5) is 16.7. The molecule has 2 atom stereocenters. The second-order valence-electron chi connectivity index (χ2n) is 8.14. The predicted molar refractivity (Wildman–Crippen MR) is 130 cm³/mol. The molecule has 4 nitrogen and oxygen atoms in total. The number of aromatic nitrogens is 1. The third kappa shape index (κ3) is 4.40. The maximum Gasteiger partial charge on any atom is 0.221 e. The third-order valence-electron chi connectivity index (χ3n) is 6.17. The number of hydrogen-bond acceptors (Lipinski definition) is 2. The van der Waals surface area contributed by atoms with Gasteiger partial charge in [-0.1, -0.05) is 73.7 Å². The average molecular weight is 427 g/mol. The largest absolute Gasteiger partial charge is 0.496 e. The molecule has 1 amide bonds. The lowest BCUT2D eigenvalue weighted by atomic mass is 9.87. The van der Waals surface area contributed by atoms with Crippen molar-refractivity contribution in [2.45, 2.75) is 38.6 Å². The number of aryl methyl sites for hydroxylation is 1. The molecule has 0 saturated heterocycles. The van der Waals surface area contributed by atoms with Crippen molar-refractivity contribution in [3.05, 3.63) is 101 Å². The number of fused-ring (bicyclic) bond motifs is 1. The van der Waals surface area contributed by atoms with Gasteiger partial charge in [0, 0.05) is 35.0 Å². The highest BCUT2D eigenvalue weighted by Gasteiger charge is 2.25. The zero-order chi connectivity index (χ0) is 22.5. The Kier molecular flexibility index (Phi) is 6.60. The molecule has 32 heavy (non-hydrogen) atoms. The Morgan fingerprint density at radius 3 is 2.47 bits per heavy atom.